The van der Waals surface area contributed by atoms with Crippen molar-refractivity contribution in [2.45, 2.75) is 82.3 Å². The summed E-state index contributed by atoms with van der Waals surface area (Å²) in [4.78, 5) is 13.6. The lowest BCUT2D eigenvalue weighted by molar-refractivity contribution is -0.151. The van der Waals surface area contributed by atoms with Crippen LogP contribution < -0.4 is 16.0 Å². The number of carbonyl (C=O) groups is 1. The van der Waals surface area contributed by atoms with Crippen LogP contribution in [0.15, 0.2) is 0 Å². The van der Waals surface area contributed by atoms with Crippen molar-refractivity contribution in [1.29, 1.82) is 0 Å². The molecule has 0 aromatic rings. The molecule has 0 aromatic carbocycles. The zero-order valence-electron chi connectivity index (χ0n) is 16.7. The Morgan fingerprint density at radius 3 is 2.00 bits per heavy atom. The smallest absolute Gasteiger partial charge is 0.142 e. The van der Waals surface area contributed by atoms with E-state index in [4.69, 9.17) is 0 Å². The van der Waals surface area contributed by atoms with Gasteiger partial charge in [0.15, 0.2) is 0 Å². The maximum absolute atomic E-state index is 13.6. The fourth-order valence-electron chi connectivity index (χ4n) is 9.24. The van der Waals surface area contributed by atoms with E-state index >= 15 is 0 Å². The molecule has 150 valence electrons. The maximum Gasteiger partial charge on any atom is 0.142 e. The summed E-state index contributed by atoms with van der Waals surface area (Å²) in [6.45, 7) is 3.45. The number of ketones is 1. The van der Waals surface area contributed by atoms with Crippen molar-refractivity contribution in [3.05, 3.63) is 0 Å². The van der Waals surface area contributed by atoms with Crippen molar-refractivity contribution >= 4 is 5.78 Å². The number of hydrogen-bond acceptors (Lipinski definition) is 4. The largest absolute Gasteiger partial charge is 0.313 e. The van der Waals surface area contributed by atoms with Gasteiger partial charge in [0.2, 0.25) is 0 Å². The van der Waals surface area contributed by atoms with Crippen LogP contribution in [0, 0.1) is 35.0 Å². The minimum Gasteiger partial charge on any atom is -0.313 e. The highest BCUT2D eigenvalue weighted by atomic mass is 16.1. The molecule has 3 N–H and O–H groups in total. The molecule has 6 rings (SSSR count). The second-order valence-corrected chi connectivity index (χ2v) is 10.5. The topological polar surface area (TPSA) is 53.2 Å². The molecule has 0 amide bonds. The van der Waals surface area contributed by atoms with Gasteiger partial charge in [0.25, 0.3) is 0 Å². The van der Waals surface area contributed by atoms with E-state index in [9.17, 15) is 4.79 Å². The van der Waals surface area contributed by atoms with Gasteiger partial charge in [0.05, 0.1) is 0 Å². The van der Waals surface area contributed by atoms with Gasteiger partial charge >= 0.3 is 0 Å². The summed E-state index contributed by atoms with van der Waals surface area (Å²) >= 11 is 0. The molecule has 3 aliphatic heterocycles. The third-order valence-corrected chi connectivity index (χ3v) is 9.80. The van der Waals surface area contributed by atoms with Crippen LogP contribution in [0.25, 0.3) is 0 Å². The van der Waals surface area contributed by atoms with Gasteiger partial charge in [-0.3, -0.25) is 4.79 Å². The van der Waals surface area contributed by atoms with E-state index in [-0.39, 0.29) is 0 Å². The Hall–Kier alpha value is -0.450. The Balaban J connectivity index is 1.52. The maximum atomic E-state index is 13.6. The molecule has 27 heavy (non-hydrogen) atoms. The van der Waals surface area contributed by atoms with Gasteiger partial charge in [-0.15, -0.1) is 0 Å². The lowest BCUT2D eigenvalue weighted by Gasteiger charge is -2.62. The molecular formula is C23H37N3O. The van der Waals surface area contributed by atoms with Gasteiger partial charge in [0, 0.05) is 35.4 Å². The molecule has 6 fully saturated rings. The number of nitrogens with one attached hydrogen (secondary N) is 3. The van der Waals surface area contributed by atoms with Gasteiger partial charge in [0.1, 0.15) is 5.78 Å². The molecule has 3 aliphatic carbocycles. The SMILES string of the molecule is O=C1C2CCCNC2C2(C3CCCCC3C3NCCCC32)C2NCCCC12. The molecule has 0 aromatic heterocycles. The Morgan fingerprint density at radius 2 is 1.26 bits per heavy atom. The highest BCUT2D eigenvalue weighted by Gasteiger charge is 2.71. The van der Waals surface area contributed by atoms with Gasteiger partial charge in [-0.1, -0.05) is 12.8 Å². The van der Waals surface area contributed by atoms with Gasteiger partial charge in [-0.2, -0.15) is 0 Å². The fourth-order valence-corrected chi connectivity index (χ4v) is 9.24. The molecule has 0 radical (unpaired) electrons. The first-order valence-corrected chi connectivity index (χ1v) is 12.1. The summed E-state index contributed by atoms with van der Waals surface area (Å²) in [5, 5.41) is 12.0. The zero-order chi connectivity index (χ0) is 18.0. The van der Waals surface area contributed by atoms with Crippen molar-refractivity contribution in [1.82, 2.24) is 16.0 Å². The standard InChI is InChI=1S/C23H37N3O/c27-20-15-7-3-12-25-21(15)23(22-16(20)8-4-13-26-22)17-9-2-1-6-14(17)19-18(23)10-5-11-24-19/h14-19,21-22,24-26H,1-13H2. The van der Waals surface area contributed by atoms with Crippen molar-refractivity contribution in [3.8, 4) is 0 Å². The summed E-state index contributed by atoms with van der Waals surface area (Å²) in [5.41, 5.74) is 0.313. The second-order valence-electron chi connectivity index (χ2n) is 10.5. The summed E-state index contributed by atoms with van der Waals surface area (Å²) in [5.74, 6) is 3.65. The number of piperidine rings is 3. The number of rotatable bonds is 0. The van der Waals surface area contributed by atoms with E-state index < -0.39 is 0 Å². The summed E-state index contributed by atoms with van der Waals surface area (Å²) in [7, 11) is 0. The number of carbonyl (C=O) groups excluding carboxylic acids is 1. The van der Waals surface area contributed by atoms with Crippen molar-refractivity contribution < 1.29 is 4.79 Å². The van der Waals surface area contributed by atoms with Crippen LogP contribution in [0.3, 0.4) is 0 Å². The van der Waals surface area contributed by atoms with E-state index in [1.54, 1.807) is 0 Å². The average Bonchev–Trinajstić information content (AvgIpc) is 3.04. The molecule has 0 bridgehead atoms. The Bertz CT molecular complexity index is 556. The van der Waals surface area contributed by atoms with E-state index in [1.165, 1.54) is 57.9 Å². The molecule has 6 aliphatic rings. The van der Waals surface area contributed by atoms with Crippen molar-refractivity contribution in [3.63, 3.8) is 0 Å². The fraction of sp³-hybridized carbons (Fsp3) is 0.957. The summed E-state index contributed by atoms with van der Waals surface area (Å²) in [6.07, 6.45) is 13.0. The molecule has 3 saturated carbocycles. The highest BCUT2D eigenvalue weighted by Crippen LogP contribution is 2.66. The van der Waals surface area contributed by atoms with Crippen LogP contribution in [-0.4, -0.2) is 43.5 Å². The molecule has 8 atom stereocenters. The van der Waals surface area contributed by atoms with E-state index in [0.717, 1.165) is 43.7 Å². The van der Waals surface area contributed by atoms with E-state index in [2.05, 4.69) is 16.0 Å². The second kappa shape index (κ2) is 6.53. The molecular weight excluding hydrogens is 334 g/mol. The van der Waals surface area contributed by atoms with Crippen LogP contribution in [-0.2, 0) is 4.79 Å². The number of Topliss-reactive ketones (excluding diaryl/α,β-unsaturated/α-hetero) is 1. The van der Waals surface area contributed by atoms with E-state index in [0.29, 0.717) is 41.2 Å². The van der Waals surface area contributed by atoms with E-state index in [1.807, 2.05) is 0 Å². The first-order chi connectivity index (χ1) is 13.3. The highest BCUT2D eigenvalue weighted by molar-refractivity contribution is 5.86. The minimum atomic E-state index is 0.295. The molecule has 4 heteroatoms. The lowest BCUT2D eigenvalue weighted by atomic mass is 9.47. The monoisotopic (exact) mass is 371 g/mol. The minimum absolute atomic E-state index is 0.295. The summed E-state index contributed by atoms with van der Waals surface area (Å²) < 4.78 is 0. The number of hydrogen-bond donors (Lipinski definition) is 3. The van der Waals surface area contributed by atoms with Crippen LogP contribution in [0.4, 0.5) is 0 Å². The predicted octanol–water partition coefficient (Wildman–Crippen LogP) is 2.48. The van der Waals surface area contributed by atoms with Crippen LogP contribution in [0.2, 0.25) is 0 Å². The van der Waals surface area contributed by atoms with Crippen LogP contribution in [0.5, 0.6) is 0 Å². The van der Waals surface area contributed by atoms with Crippen LogP contribution >= 0.6 is 0 Å². The first-order valence-electron chi connectivity index (χ1n) is 12.1. The third kappa shape index (κ3) is 2.24. The molecule has 8 unspecified atom stereocenters. The summed E-state index contributed by atoms with van der Waals surface area (Å²) in [6, 6.07) is 1.59. The van der Waals surface area contributed by atoms with Gasteiger partial charge < -0.3 is 16.0 Å². The van der Waals surface area contributed by atoms with Crippen LogP contribution in [0.1, 0.15) is 64.2 Å². The Kier molecular flexibility index (Phi) is 4.21. The lowest BCUT2D eigenvalue weighted by Crippen LogP contribution is -2.74. The third-order valence-electron chi connectivity index (χ3n) is 9.80. The Labute approximate surface area is 164 Å². The normalized spacial score (nSPS) is 54.7. The first kappa shape index (κ1) is 17.4. The molecule has 3 heterocycles. The molecule has 3 saturated heterocycles. The molecule has 1 spiro atoms. The predicted molar refractivity (Wildman–Crippen MR) is 106 cm³/mol. The van der Waals surface area contributed by atoms with Gasteiger partial charge in [-0.25, -0.2) is 0 Å². The van der Waals surface area contributed by atoms with Gasteiger partial charge in [-0.05, 0) is 88.8 Å². The zero-order valence-corrected chi connectivity index (χ0v) is 16.7. The quantitative estimate of drug-likeness (QED) is 0.612. The van der Waals surface area contributed by atoms with Crippen molar-refractivity contribution in [2.75, 3.05) is 19.6 Å². The average molecular weight is 372 g/mol. The number of fused-ring (bicyclic) bond motifs is 9. The Morgan fingerprint density at radius 1 is 0.667 bits per heavy atom. The molecule has 4 nitrogen and oxygen atoms in total. The van der Waals surface area contributed by atoms with Crippen molar-refractivity contribution in [2.24, 2.45) is 35.0 Å².